The van der Waals surface area contributed by atoms with Crippen LogP contribution in [-0.4, -0.2) is 34.8 Å². The zero-order chi connectivity index (χ0) is 14.5. The van der Waals surface area contributed by atoms with Gasteiger partial charge < -0.3 is 15.6 Å². The second-order valence-electron chi connectivity index (χ2n) is 4.86. The van der Waals surface area contributed by atoms with Crippen molar-refractivity contribution in [3.05, 3.63) is 35.9 Å². The number of hydrogen-bond acceptors (Lipinski definition) is 4. The molecular weight excluding hydrogens is 260 g/mol. The molecule has 2 unspecified atom stereocenters. The molecule has 0 spiro atoms. The second kappa shape index (κ2) is 6.38. The third-order valence-corrected chi connectivity index (χ3v) is 3.43. The van der Waals surface area contributed by atoms with Crippen molar-refractivity contribution in [1.82, 2.24) is 4.90 Å². The van der Waals surface area contributed by atoms with E-state index in [1.807, 2.05) is 30.3 Å². The minimum atomic E-state index is -0.863. The van der Waals surface area contributed by atoms with Crippen molar-refractivity contribution in [2.24, 2.45) is 11.7 Å². The lowest BCUT2D eigenvalue weighted by Crippen LogP contribution is -2.52. The summed E-state index contributed by atoms with van der Waals surface area (Å²) in [5.41, 5.74) is 6.74. The van der Waals surface area contributed by atoms with Gasteiger partial charge in [-0.25, -0.2) is 4.79 Å². The molecule has 6 heteroatoms. The summed E-state index contributed by atoms with van der Waals surface area (Å²) in [7, 11) is 0. The first-order valence-corrected chi connectivity index (χ1v) is 6.53. The predicted molar refractivity (Wildman–Crippen MR) is 71.7 cm³/mol. The number of likely N-dealkylation sites (tertiary alicyclic amines) is 1. The molecule has 0 aromatic heterocycles. The Balaban J connectivity index is 1.85. The third-order valence-electron chi connectivity index (χ3n) is 3.43. The van der Waals surface area contributed by atoms with Crippen LogP contribution in [0.1, 0.15) is 18.4 Å². The minimum absolute atomic E-state index is 0.186. The van der Waals surface area contributed by atoms with E-state index in [1.54, 1.807) is 0 Å². The van der Waals surface area contributed by atoms with Crippen molar-refractivity contribution < 1.29 is 19.4 Å². The van der Waals surface area contributed by atoms with Gasteiger partial charge in [0, 0.05) is 6.54 Å². The van der Waals surface area contributed by atoms with E-state index < -0.39 is 24.1 Å². The number of nitrogens with two attached hydrogens (primary N) is 1. The first-order chi connectivity index (χ1) is 9.58. The minimum Gasteiger partial charge on any atom is -0.481 e. The molecule has 1 aromatic carbocycles. The third kappa shape index (κ3) is 3.48. The molecule has 0 saturated carbocycles. The summed E-state index contributed by atoms with van der Waals surface area (Å²) in [4.78, 5) is 24.2. The first kappa shape index (κ1) is 14.3. The standard InChI is InChI=1S/C14H18N2O4/c15-12-8-11(13(17)18)6-7-16(12)14(19)20-9-10-4-2-1-3-5-10/h1-5,11-12H,6-9,15H2,(H,17,18). The summed E-state index contributed by atoms with van der Waals surface area (Å²) in [5, 5.41) is 8.94. The Labute approximate surface area is 117 Å². The lowest BCUT2D eigenvalue weighted by Gasteiger charge is -2.34. The number of piperidine rings is 1. The molecule has 1 amide bonds. The van der Waals surface area contributed by atoms with Gasteiger partial charge in [0.25, 0.3) is 0 Å². The number of hydrogen-bond donors (Lipinski definition) is 2. The topological polar surface area (TPSA) is 92.9 Å². The summed E-state index contributed by atoms with van der Waals surface area (Å²) in [6.07, 6.45) is -0.433. The number of amides is 1. The number of aliphatic carboxylic acids is 1. The molecular formula is C14H18N2O4. The zero-order valence-corrected chi connectivity index (χ0v) is 11.1. The van der Waals surface area contributed by atoms with Crippen LogP contribution >= 0.6 is 0 Å². The number of nitrogens with zero attached hydrogens (tertiary/aromatic N) is 1. The van der Waals surface area contributed by atoms with E-state index in [4.69, 9.17) is 15.6 Å². The molecule has 0 bridgehead atoms. The van der Waals surface area contributed by atoms with E-state index in [0.717, 1.165) is 5.56 Å². The molecule has 1 aliphatic rings. The van der Waals surface area contributed by atoms with Crippen LogP contribution in [0.5, 0.6) is 0 Å². The first-order valence-electron chi connectivity index (χ1n) is 6.53. The van der Waals surface area contributed by atoms with E-state index in [2.05, 4.69) is 0 Å². The molecule has 6 nitrogen and oxygen atoms in total. The molecule has 2 rings (SSSR count). The molecule has 20 heavy (non-hydrogen) atoms. The van der Waals surface area contributed by atoms with E-state index in [-0.39, 0.29) is 13.0 Å². The number of rotatable bonds is 3. The van der Waals surface area contributed by atoms with Crippen molar-refractivity contribution in [3.63, 3.8) is 0 Å². The van der Waals surface area contributed by atoms with Gasteiger partial charge in [0.1, 0.15) is 6.61 Å². The predicted octanol–water partition coefficient (Wildman–Crippen LogP) is 1.40. The van der Waals surface area contributed by atoms with Crippen LogP contribution in [0.2, 0.25) is 0 Å². The average Bonchev–Trinajstić information content (AvgIpc) is 2.45. The smallest absolute Gasteiger partial charge is 0.411 e. The quantitative estimate of drug-likeness (QED) is 0.872. The molecule has 1 heterocycles. The Bertz CT molecular complexity index is 477. The second-order valence-corrected chi connectivity index (χ2v) is 4.86. The Kier molecular flexibility index (Phi) is 4.57. The summed E-state index contributed by atoms with van der Waals surface area (Å²) in [6, 6.07) is 9.35. The highest BCUT2D eigenvalue weighted by atomic mass is 16.6. The van der Waals surface area contributed by atoms with E-state index >= 15 is 0 Å². The summed E-state index contributed by atoms with van der Waals surface area (Å²) in [5.74, 6) is -1.35. The van der Waals surface area contributed by atoms with Crippen LogP contribution in [0.4, 0.5) is 4.79 Å². The number of carboxylic acids is 1. The molecule has 0 aliphatic carbocycles. The van der Waals surface area contributed by atoms with Gasteiger partial charge in [-0.1, -0.05) is 30.3 Å². The molecule has 1 aromatic rings. The zero-order valence-electron chi connectivity index (χ0n) is 11.1. The highest BCUT2D eigenvalue weighted by molar-refractivity contribution is 5.72. The van der Waals surface area contributed by atoms with Crippen LogP contribution in [-0.2, 0) is 16.1 Å². The normalized spacial score (nSPS) is 22.4. The average molecular weight is 278 g/mol. The Morgan fingerprint density at radius 3 is 2.65 bits per heavy atom. The summed E-state index contributed by atoms with van der Waals surface area (Å²) >= 11 is 0. The molecule has 3 N–H and O–H groups in total. The van der Waals surface area contributed by atoms with Crippen LogP contribution < -0.4 is 5.73 Å². The largest absolute Gasteiger partial charge is 0.481 e. The van der Waals surface area contributed by atoms with Crippen molar-refractivity contribution in [3.8, 4) is 0 Å². The van der Waals surface area contributed by atoms with Crippen molar-refractivity contribution in [1.29, 1.82) is 0 Å². The van der Waals surface area contributed by atoms with Gasteiger partial charge in [-0.15, -0.1) is 0 Å². The van der Waals surface area contributed by atoms with Crippen molar-refractivity contribution >= 4 is 12.1 Å². The van der Waals surface area contributed by atoms with Gasteiger partial charge >= 0.3 is 12.1 Å². The Morgan fingerprint density at radius 2 is 2.05 bits per heavy atom. The van der Waals surface area contributed by atoms with Crippen LogP contribution in [0.15, 0.2) is 30.3 Å². The number of ether oxygens (including phenoxy) is 1. The highest BCUT2D eigenvalue weighted by Crippen LogP contribution is 2.21. The fourth-order valence-corrected chi connectivity index (χ4v) is 2.25. The molecule has 1 saturated heterocycles. The fraction of sp³-hybridized carbons (Fsp3) is 0.429. The van der Waals surface area contributed by atoms with Gasteiger partial charge in [0.2, 0.25) is 0 Å². The lowest BCUT2D eigenvalue weighted by atomic mass is 9.95. The van der Waals surface area contributed by atoms with Crippen molar-refractivity contribution in [2.75, 3.05) is 6.54 Å². The molecule has 1 fully saturated rings. The van der Waals surface area contributed by atoms with Crippen LogP contribution in [0.25, 0.3) is 0 Å². The van der Waals surface area contributed by atoms with Gasteiger partial charge in [0.15, 0.2) is 0 Å². The molecule has 2 atom stereocenters. The molecule has 108 valence electrons. The SMILES string of the molecule is NC1CC(C(=O)O)CCN1C(=O)OCc1ccccc1. The number of carbonyl (C=O) groups is 2. The lowest BCUT2D eigenvalue weighted by molar-refractivity contribution is -0.144. The summed E-state index contributed by atoms with van der Waals surface area (Å²) in [6.45, 7) is 0.497. The van der Waals surface area contributed by atoms with Gasteiger partial charge in [-0.05, 0) is 18.4 Å². The van der Waals surface area contributed by atoms with Crippen LogP contribution in [0, 0.1) is 5.92 Å². The van der Waals surface area contributed by atoms with E-state index in [1.165, 1.54) is 4.90 Å². The maximum atomic E-state index is 11.9. The van der Waals surface area contributed by atoms with Gasteiger partial charge in [-0.3, -0.25) is 9.69 Å². The molecule has 0 radical (unpaired) electrons. The Hall–Kier alpha value is -2.08. The van der Waals surface area contributed by atoms with Crippen LogP contribution in [0.3, 0.4) is 0 Å². The highest BCUT2D eigenvalue weighted by Gasteiger charge is 2.33. The van der Waals surface area contributed by atoms with Crippen molar-refractivity contribution in [2.45, 2.75) is 25.6 Å². The number of carbonyl (C=O) groups excluding carboxylic acids is 1. The number of benzene rings is 1. The van der Waals surface area contributed by atoms with Gasteiger partial charge in [-0.2, -0.15) is 0 Å². The number of carboxylic acid groups (broad SMARTS) is 1. The maximum Gasteiger partial charge on any atom is 0.411 e. The van der Waals surface area contributed by atoms with E-state index in [0.29, 0.717) is 13.0 Å². The maximum absolute atomic E-state index is 11.9. The summed E-state index contributed by atoms with van der Waals surface area (Å²) < 4.78 is 5.19. The Morgan fingerprint density at radius 1 is 1.35 bits per heavy atom. The van der Waals surface area contributed by atoms with Gasteiger partial charge in [0.05, 0.1) is 12.1 Å². The molecule has 1 aliphatic heterocycles. The fourth-order valence-electron chi connectivity index (χ4n) is 2.25. The monoisotopic (exact) mass is 278 g/mol. The van der Waals surface area contributed by atoms with E-state index in [9.17, 15) is 9.59 Å².